The van der Waals surface area contributed by atoms with Crippen LogP contribution in [0.2, 0.25) is 0 Å². The highest BCUT2D eigenvalue weighted by molar-refractivity contribution is 9.10. The van der Waals surface area contributed by atoms with E-state index in [0.717, 1.165) is 36.1 Å². The zero-order valence-corrected chi connectivity index (χ0v) is 14.2. The summed E-state index contributed by atoms with van der Waals surface area (Å²) < 4.78 is 1.08. The van der Waals surface area contributed by atoms with Crippen molar-refractivity contribution in [1.82, 2.24) is 4.90 Å². The maximum Gasteiger partial charge on any atom is 0.0762 e. The van der Waals surface area contributed by atoms with E-state index < -0.39 is 6.10 Å². The lowest BCUT2D eigenvalue weighted by Gasteiger charge is -2.33. The van der Waals surface area contributed by atoms with E-state index >= 15 is 0 Å². The molecule has 1 aliphatic rings. The first-order chi connectivity index (χ1) is 9.52. The third-order valence-corrected chi connectivity index (χ3v) is 4.77. The molecule has 1 aromatic rings. The number of hydrogen-bond acceptors (Lipinski definition) is 3. The average Bonchev–Trinajstić information content (AvgIpc) is 2.60. The first-order valence-corrected chi connectivity index (χ1v) is 8.25. The van der Waals surface area contributed by atoms with Crippen molar-refractivity contribution in [3.8, 4) is 0 Å². The lowest BCUT2D eigenvalue weighted by atomic mass is 10.1. The van der Waals surface area contributed by atoms with Crippen LogP contribution >= 0.6 is 15.9 Å². The van der Waals surface area contributed by atoms with Crippen LogP contribution in [0.4, 0.5) is 5.69 Å². The number of aliphatic hydroxyl groups excluding tert-OH is 1. The van der Waals surface area contributed by atoms with Crippen molar-refractivity contribution in [2.24, 2.45) is 0 Å². The minimum atomic E-state index is -0.419. The molecule has 1 aliphatic heterocycles. The first kappa shape index (κ1) is 15.8. The van der Waals surface area contributed by atoms with Gasteiger partial charge in [0.05, 0.1) is 11.8 Å². The van der Waals surface area contributed by atoms with Gasteiger partial charge in [0.15, 0.2) is 0 Å². The van der Waals surface area contributed by atoms with Gasteiger partial charge in [-0.15, -0.1) is 0 Å². The average molecular weight is 341 g/mol. The number of hydrogen-bond donors (Lipinski definition) is 1. The Balaban J connectivity index is 2.28. The summed E-state index contributed by atoms with van der Waals surface area (Å²) in [5.74, 6) is 0. The van der Waals surface area contributed by atoms with E-state index in [-0.39, 0.29) is 0 Å². The molecule has 0 aromatic heterocycles. The number of nitrogens with zero attached hydrogens (tertiary/aromatic N) is 2. The summed E-state index contributed by atoms with van der Waals surface area (Å²) >= 11 is 3.68. The molecule has 20 heavy (non-hydrogen) atoms. The Kier molecular flexibility index (Phi) is 5.47. The molecule has 1 saturated heterocycles. The molecule has 1 heterocycles. The van der Waals surface area contributed by atoms with Crippen LogP contribution in [-0.4, -0.2) is 42.7 Å². The fourth-order valence-electron chi connectivity index (χ4n) is 2.93. The molecule has 2 rings (SSSR count). The van der Waals surface area contributed by atoms with E-state index in [1.165, 1.54) is 12.1 Å². The van der Waals surface area contributed by atoms with Gasteiger partial charge >= 0.3 is 0 Å². The van der Waals surface area contributed by atoms with E-state index in [2.05, 4.69) is 45.8 Å². The predicted molar refractivity (Wildman–Crippen MR) is 88.3 cm³/mol. The van der Waals surface area contributed by atoms with Crippen LogP contribution in [0.25, 0.3) is 0 Å². The molecule has 0 amide bonds. The molecular weight excluding hydrogens is 316 g/mol. The summed E-state index contributed by atoms with van der Waals surface area (Å²) in [5, 5.41) is 9.69. The second-order valence-corrected chi connectivity index (χ2v) is 6.61. The van der Waals surface area contributed by atoms with Crippen molar-refractivity contribution >= 4 is 21.6 Å². The minimum absolute atomic E-state index is 0.419. The second kappa shape index (κ2) is 6.92. The van der Waals surface area contributed by atoms with Gasteiger partial charge in [-0.05, 0) is 67.0 Å². The molecular formula is C16H25BrN2O. The molecule has 1 aromatic carbocycles. The van der Waals surface area contributed by atoms with Crippen LogP contribution in [0.3, 0.4) is 0 Å². The van der Waals surface area contributed by atoms with Crippen LogP contribution in [-0.2, 0) is 0 Å². The number of anilines is 1. The molecule has 0 saturated carbocycles. The Morgan fingerprint density at radius 1 is 1.40 bits per heavy atom. The molecule has 1 N–H and O–H groups in total. The maximum atomic E-state index is 9.69. The molecule has 2 unspecified atom stereocenters. The molecule has 4 heteroatoms. The first-order valence-electron chi connectivity index (χ1n) is 7.45. The normalized spacial score (nSPS) is 22.6. The smallest absolute Gasteiger partial charge is 0.0762 e. The highest BCUT2D eigenvalue weighted by Crippen LogP contribution is 2.32. The summed E-state index contributed by atoms with van der Waals surface area (Å²) in [6, 6.07) is 6.77. The summed E-state index contributed by atoms with van der Waals surface area (Å²) in [4.78, 5) is 4.94. The number of likely N-dealkylation sites (N-methyl/N-ethyl adjacent to an activating group) is 1. The zero-order chi connectivity index (χ0) is 14.7. The fraction of sp³-hybridized carbons (Fsp3) is 0.625. The third kappa shape index (κ3) is 3.54. The Bertz CT molecular complexity index is 450. The summed E-state index contributed by atoms with van der Waals surface area (Å²) in [7, 11) is 2.21. The highest BCUT2D eigenvalue weighted by Gasteiger charge is 2.23. The van der Waals surface area contributed by atoms with E-state index in [4.69, 9.17) is 0 Å². The number of rotatable bonds is 3. The summed E-state index contributed by atoms with van der Waals surface area (Å²) in [6.07, 6.45) is 1.92. The minimum Gasteiger partial charge on any atom is -0.389 e. The SMILES string of the molecule is CCC1CN(C)CCCN1c1ccc(C(C)O)cc1Br. The van der Waals surface area contributed by atoms with Crippen molar-refractivity contribution in [3.63, 3.8) is 0 Å². The van der Waals surface area contributed by atoms with Gasteiger partial charge in [0.1, 0.15) is 0 Å². The summed E-state index contributed by atoms with van der Waals surface area (Å²) in [6.45, 7) is 7.43. The zero-order valence-electron chi connectivity index (χ0n) is 12.6. The number of benzene rings is 1. The molecule has 3 nitrogen and oxygen atoms in total. The molecule has 0 radical (unpaired) electrons. The van der Waals surface area contributed by atoms with Gasteiger partial charge in [0.2, 0.25) is 0 Å². The molecule has 0 bridgehead atoms. The van der Waals surface area contributed by atoms with Crippen molar-refractivity contribution in [2.75, 3.05) is 31.6 Å². The van der Waals surface area contributed by atoms with Gasteiger partial charge in [-0.25, -0.2) is 0 Å². The third-order valence-electron chi connectivity index (χ3n) is 4.14. The molecule has 112 valence electrons. The lowest BCUT2D eigenvalue weighted by molar-refractivity contribution is 0.199. The Morgan fingerprint density at radius 3 is 2.75 bits per heavy atom. The van der Waals surface area contributed by atoms with Crippen LogP contribution < -0.4 is 4.90 Å². The van der Waals surface area contributed by atoms with Gasteiger partial charge in [-0.1, -0.05) is 13.0 Å². The van der Waals surface area contributed by atoms with Crippen molar-refractivity contribution < 1.29 is 5.11 Å². The topological polar surface area (TPSA) is 26.7 Å². The molecule has 2 atom stereocenters. The van der Waals surface area contributed by atoms with E-state index in [9.17, 15) is 5.11 Å². The standard InChI is InChI=1S/C16H25BrN2O/c1-4-14-11-18(3)8-5-9-19(14)16-7-6-13(12(2)20)10-15(16)17/h6-7,10,12,14,20H,4-5,8-9,11H2,1-3H3. The van der Waals surface area contributed by atoms with Gasteiger partial charge in [0.25, 0.3) is 0 Å². The van der Waals surface area contributed by atoms with Gasteiger partial charge in [-0.2, -0.15) is 0 Å². The molecule has 0 spiro atoms. The van der Waals surface area contributed by atoms with Gasteiger partial charge in [-0.3, -0.25) is 0 Å². The van der Waals surface area contributed by atoms with Crippen molar-refractivity contribution in [3.05, 3.63) is 28.2 Å². The van der Waals surface area contributed by atoms with Crippen LogP contribution in [0.15, 0.2) is 22.7 Å². The van der Waals surface area contributed by atoms with Gasteiger partial charge in [0, 0.05) is 23.6 Å². The fourth-order valence-corrected chi connectivity index (χ4v) is 3.55. The largest absolute Gasteiger partial charge is 0.389 e. The Hall–Kier alpha value is -0.580. The summed E-state index contributed by atoms with van der Waals surface area (Å²) in [5.41, 5.74) is 2.21. The van der Waals surface area contributed by atoms with Gasteiger partial charge < -0.3 is 14.9 Å². The van der Waals surface area contributed by atoms with E-state index in [1.54, 1.807) is 6.92 Å². The Morgan fingerprint density at radius 2 is 2.15 bits per heavy atom. The Labute approximate surface area is 130 Å². The predicted octanol–water partition coefficient (Wildman–Crippen LogP) is 3.42. The number of aliphatic hydroxyl groups is 1. The van der Waals surface area contributed by atoms with Crippen molar-refractivity contribution in [2.45, 2.75) is 38.8 Å². The number of halogens is 1. The van der Waals surface area contributed by atoms with Crippen molar-refractivity contribution in [1.29, 1.82) is 0 Å². The molecule has 0 aliphatic carbocycles. The van der Waals surface area contributed by atoms with E-state index in [1.807, 2.05) is 12.1 Å². The molecule has 1 fully saturated rings. The maximum absolute atomic E-state index is 9.69. The van der Waals surface area contributed by atoms with Crippen LogP contribution in [0, 0.1) is 0 Å². The highest BCUT2D eigenvalue weighted by atomic mass is 79.9. The quantitative estimate of drug-likeness (QED) is 0.913. The lowest BCUT2D eigenvalue weighted by Crippen LogP contribution is -2.40. The monoisotopic (exact) mass is 340 g/mol. The van der Waals surface area contributed by atoms with Crippen LogP contribution in [0.1, 0.15) is 38.4 Å². The van der Waals surface area contributed by atoms with Crippen LogP contribution in [0.5, 0.6) is 0 Å². The second-order valence-electron chi connectivity index (χ2n) is 5.76. The van der Waals surface area contributed by atoms with E-state index in [0.29, 0.717) is 6.04 Å².